The summed E-state index contributed by atoms with van der Waals surface area (Å²) in [7, 11) is 0. The van der Waals surface area contributed by atoms with Crippen molar-refractivity contribution >= 4 is 0 Å². The molecule has 4 rings (SSSR count). The SMILES string of the molecule is CC1C[N+]2(C3C4CC4C32)C(C)[C@@H]1C. The van der Waals surface area contributed by atoms with Crippen LogP contribution in [0.15, 0.2) is 0 Å². The number of fused-ring (bicyclic) bond motifs is 6. The Hall–Kier alpha value is -0.0400. The van der Waals surface area contributed by atoms with E-state index in [1.165, 1.54) is 18.4 Å². The van der Waals surface area contributed by atoms with Gasteiger partial charge >= 0.3 is 0 Å². The average Bonchev–Trinajstić information content (AvgIpc) is 2.84. The number of piperidine rings is 1. The van der Waals surface area contributed by atoms with Crippen LogP contribution in [0.1, 0.15) is 27.2 Å². The second-order valence-electron chi connectivity index (χ2n) is 6.30. The van der Waals surface area contributed by atoms with Crippen LogP contribution in [-0.2, 0) is 0 Å². The number of hydrogen-bond acceptors (Lipinski definition) is 0. The predicted octanol–water partition coefficient (Wildman–Crippen LogP) is 1.88. The maximum absolute atomic E-state index is 2.52. The number of quaternary nitrogens is 1. The number of hydrogen-bond donors (Lipinski definition) is 0. The normalized spacial score (nSPS) is 77.3. The quantitative estimate of drug-likeness (QED) is 0.392. The molecule has 0 amide bonds. The third-order valence-electron chi connectivity index (χ3n) is 6.16. The zero-order chi connectivity index (χ0) is 8.96. The van der Waals surface area contributed by atoms with Crippen LogP contribution in [0.2, 0.25) is 0 Å². The van der Waals surface area contributed by atoms with Crippen LogP contribution < -0.4 is 0 Å². The van der Waals surface area contributed by atoms with E-state index < -0.39 is 0 Å². The van der Waals surface area contributed by atoms with Gasteiger partial charge in [0.25, 0.3) is 0 Å². The molecular formula is C12H20N+. The lowest BCUT2D eigenvalue weighted by atomic mass is 9.95. The molecule has 1 spiro atoms. The Bertz CT molecular complexity index is 271. The Morgan fingerprint density at radius 1 is 1.00 bits per heavy atom. The highest BCUT2D eigenvalue weighted by molar-refractivity contribution is 5.23. The van der Waals surface area contributed by atoms with Crippen molar-refractivity contribution in [2.24, 2.45) is 23.7 Å². The smallest absolute Gasteiger partial charge is 0.146 e. The van der Waals surface area contributed by atoms with Gasteiger partial charge in [-0.2, -0.15) is 0 Å². The zero-order valence-corrected chi connectivity index (χ0v) is 8.90. The molecule has 0 bridgehead atoms. The van der Waals surface area contributed by atoms with Crippen molar-refractivity contribution in [3.8, 4) is 0 Å². The van der Waals surface area contributed by atoms with Crippen LogP contribution in [-0.4, -0.2) is 29.2 Å². The molecule has 0 N–H and O–H groups in total. The summed E-state index contributed by atoms with van der Waals surface area (Å²) in [5, 5.41) is 0. The second kappa shape index (κ2) is 1.71. The summed E-state index contributed by atoms with van der Waals surface area (Å²) >= 11 is 0. The molecular weight excluding hydrogens is 158 g/mol. The highest BCUT2D eigenvalue weighted by Crippen LogP contribution is 2.76. The van der Waals surface area contributed by atoms with Crippen LogP contribution in [0.3, 0.4) is 0 Å². The van der Waals surface area contributed by atoms with E-state index in [0.717, 1.165) is 30.0 Å². The van der Waals surface area contributed by atoms with Crippen molar-refractivity contribution in [1.29, 1.82) is 0 Å². The van der Waals surface area contributed by atoms with Gasteiger partial charge in [0, 0.05) is 23.7 Å². The third kappa shape index (κ3) is 0.538. The zero-order valence-electron chi connectivity index (χ0n) is 8.90. The van der Waals surface area contributed by atoms with Crippen LogP contribution in [0, 0.1) is 23.7 Å². The summed E-state index contributed by atoms with van der Waals surface area (Å²) in [4.78, 5) is 0. The minimum absolute atomic E-state index is 0.977. The Morgan fingerprint density at radius 3 is 2.08 bits per heavy atom. The van der Waals surface area contributed by atoms with Crippen molar-refractivity contribution in [3.05, 3.63) is 0 Å². The fourth-order valence-electron chi connectivity index (χ4n) is 5.08. The second-order valence-corrected chi connectivity index (χ2v) is 6.30. The van der Waals surface area contributed by atoms with Gasteiger partial charge in [-0.3, -0.25) is 0 Å². The van der Waals surface area contributed by atoms with E-state index >= 15 is 0 Å². The fourth-order valence-corrected chi connectivity index (χ4v) is 5.08. The molecule has 6 unspecified atom stereocenters. The first kappa shape index (κ1) is 7.28. The lowest BCUT2D eigenvalue weighted by Crippen LogP contribution is -2.35. The molecule has 1 nitrogen and oxygen atoms in total. The van der Waals surface area contributed by atoms with Crippen molar-refractivity contribution in [2.75, 3.05) is 6.54 Å². The van der Waals surface area contributed by atoms with E-state index in [1.807, 2.05) is 0 Å². The molecule has 2 saturated carbocycles. The van der Waals surface area contributed by atoms with Crippen LogP contribution >= 0.6 is 0 Å². The van der Waals surface area contributed by atoms with E-state index in [-0.39, 0.29) is 0 Å². The van der Waals surface area contributed by atoms with Crippen molar-refractivity contribution in [1.82, 2.24) is 0 Å². The molecule has 4 aliphatic rings. The van der Waals surface area contributed by atoms with E-state index in [2.05, 4.69) is 20.8 Å². The lowest BCUT2D eigenvalue weighted by molar-refractivity contribution is -0.836. The topological polar surface area (TPSA) is 0 Å². The summed E-state index contributed by atoms with van der Waals surface area (Å²) < 4.78 is 1.58. The summed E-state index contributed by atoms with van der Waals surface area (Å²) in [6.07, 6.45) is 1.60. The molecule has 0 aromatic carbocycles. The maximum atomic E-state index is 2.52. The number of nitrogens with zero attached hydrogens (tertiary/aromatic N) is 1. The molecule has 13 heavy (non-hydrogen) atoms. The fraction of sp³-hybridized carbons (Fsp3) is 1.00. The molecule has 72 valence electrons. The molecule has 0 aromatic heterocycles. The molecule has 1 heteroatoms. The molecule has 2 aliphatic heterocycles. The summed E-state index contributed by atoms with van der Waals surface area (Å²) in [5.41, 5.74) is 0. The number of rotatable bonds is 0. The highest BCUT2D eigenvalue weighted by Gasteiger charge is 2.90. The Labute approximate surface area is 80.7 Å². The van der Waals surface area contributed by atoms with Crippen LogP contribution in [0.4, 0.5) is 0 Å². The van der Waals surface area contributed by atoms with Gasteiger partial charge < -0.3 is 4.48 Å². The van der Waals surface area contributed by atoms with Crippen LogP contribution in [0.25, 0.3) is 0 Å². The molecule has 2 heterocycles. The van der Waals surface area contributed by atoms with E-state index in [9.17, 15) is 0 Å². The molecule has 2 aliphatic carbocycles. The maximum Gasteiger partial charge on any atom is 0.146 e. The Balaban J connectivity index is 1.69. The predicted molar refractivity (Wildman–Crippen MR) is 52.1 cm³/mol. The van der Waals surface area contributed by atoms with Gasteiger partial charge in [-0.1, -0.05) is 13.8 Å². The van der Waals surface area contributed by atoms with Gasteiger partial charge in [-0.25, -0.2) is 0 Å². The Kier molecular flexibility index (Phi) is 0.959. The van der Waals surface area contributed by atoms with Gasteiger partial charge in [-0.05, 0) is 13.3 Å². The van der Waals surface area contributed by atoms with E-state index in [4.69, 9.17) is 0 Å². The molecule has 0 aromatic rings. The van der Waals surface area contributed by atoms with Gasteiger partial charge in [0.1, 0.15) is 12.1 Å². The van der Waals surface area contributed by atoms with E-state index in [0.29, 0.717) is 0 Å². The first-order chi connectivity index (χ1) is 6.18. The summed E-state index contributed by atoms with van der Waals surface area (Å²) in [5.74, 6) is 4.36. The largest absolute Gasteiger partial charge is 0.306 e. The van der Waals surface area contributed by atoms with Gasteiger partial charge in [0.05, 0.1) is 12.6 Å². The molecule has 4 fully saturated rings. The highest BCUT2D eigenvalue weighted by atomic mass is 15.6. The van der Waals surface area contributed by atoms with Gasteiger partial charge in [0.2, 0.25) is 0 Å². The van der Waals surface area contributed by atoms with Gasteiger partial charge in [-0.15, -0.1) is 0 Å². The van der Waals surface area contributed by atoms with Gasteiger partial charge in [0.15, 0.2) is 0 Å². The van der Waals surface area contributed by atoms with E-state index in [1.54, 1.807) is 10.9 Å². The monoisotopic (exact) mass is 178 g/mol. The summed E-state index contributed by atoms with van der Waals surface area (Å²) in [6.45, 7) is 8.99. The average molecular weight is 178 g/mol. The van der Waals surface area contributed by atoms with Crippen molar-refractivity contribution in [3.63, 3.8) is 0 Å². The van der Waals surface area contributed by atoms with Crippen molar-refractivity contribution in [2.45, 2.75) is 45.3 Å². The standard InChI is InChI=1S/C12H20N/c1-6-5-13(8(3)7(6)2)11-9-4-10(9)12(11)13/h6-12H,4-5H2,1-3H3/q+1/t6?,7-,8?,9?,10?,11?,12?,13?/m1/s1. The first-order valence-corrected chi connectivity index (χ1v) is 6.05. The Morgan fingerprint density at radius 2 is 1.62 bits per heavy atom. The minimum atomic E-state index is 0.977. The van der Waals surface area contributed by atoms with Crippen LogP contribution in [0.5, 0.6) is 0 Å². The molecule has 2 saturated heterocycles. The minimum Gasteiger partial charge on any atom is -0.306 e. The third-order valence-corrected chi connectivity index (χ3v) is 6.16. The lowest BCUT2D eigenvalue weighted by Gasteiger charge is -2.21. The summed E-state index contributed by atoms with van der Waals surface area (Å²) in [6, 6.07) is 3.30. The molecule has 0 radical (unpaired) electrons. The first-order valence-electron chi connectivity index (χ1n) is 6.05. The molecule has 7 atom stereocenters. The van der Waals surface area contributed by atoms with Crippen molar-refractivity contribution < 1.29 is 4.48 Å².